The van der Waals surface area contributed by atoms with Crippen molar-refractivity contribution in [1.82, 2.24) is 0 Å². The minimum Gasteiger partial charge on any atom is -0.378 e. The Bertz CT molecular complexity index is 675. The van der Waals surface area contributed by atoms with E-state index < -0.39 is 5.82 Å². The summed E-state index contributed by atoms with van der Waals surface area (Å²) in [4.78, 5) is 0. The highest BCUT2D eigenvalue weighted by Crippen LogP contribution is 2.34. The van der Waals surface area contributed by atoms with Crippen LogP contribution in [0.3, 0.4) is 0 Å². The van der Waals surface area contributed by atoms with Gasteiger partial charge < -0.3 is 5.32 Å². The van der Waals surface area contributed by atoms with Crippen LogP contribution < -0.4 is 5.32 Å². The van der Waals surface area contributed by atoms with Crippen LogP contribution in [0.5, 0.6) is 0 Å². The third-order valence-electron chi connectivity index (χ3n) is 2.66. The Balaban J connectivity index is 2.24. The molecule has 102 valence electrons. The number of rotatable bonds is 3. The number of hydrogen-bond donors (Lipinski definition) is 1. The fourth-order valence-electron chi connectivity index (χ4n) is 1.70. The van der Waals surface area contributed by atoms with Crippen LogP contribution in [0.4, 0.5) is 10.1 Å². The number of nitrogens with zero attached hydrogens (tertiary/aromatic N) is 1. The number of halogens is 4. The molecular formula is C14H8BrCl2FN2. The molecule has 0 radical (unpaired) electrons. The first-order valence-corrected chi connectivity index (χ1v) is 7.13. The molecule has 0 unspecified atom stereocenters. The second-order valence-electron chi connectivity index (χ2n) is 3.99. The van der Waals surface area contributed by atoms with E-state index in [-0.39, 0.29) is 12.1 Å². The lowest BCUT2D eigenvalue weighted by Crippen LogP contribution is -2.04. The first-order chi connectivity index (χ1) is 9.52. The minimum atomic E-state index is -0.535. The Morgan fingerprint density at radius 2 is 1.90 bits per heavy atom. The maximum absolute atomic E-state index is 13.9. The monoisotopic (exact) mass is 372 g/mol. The maximum atomic E-state index is 13.9. The summed E-state index contributed by atoms with van der Waals surface area (Å²) in [5.41, 5.74) is 0.912. The van der Waals surface area contributed by atoms with Crippen LogP contribution in [-0.4, -0.2) is 0 Å². The average Bonchev–Trinajstić information content (AvgIpc) is 2.39. The fourth-order valence-corrected chi connectivity index (χ4v) is 3.04. The smallest absolute Gasteiger partial charge is 0.145 e. The van der Waals surface area contributed by atoms with Crippen molar-refractivity contribution < 1.29 is 4.39 Å². The van der Waals surface area contributed by atoms with Gasteiger partial charge in [-0.1, -0.05) is 51.3 Å². The Morgan fingerprint density at radius 3 is 2.50 bits per heavy atom. The molecule has 0 aromatic heterocycles. The first-order valence-electron chi connectivity index (χ1n) is 5.59. The van der Waals surface area contributed by atoms with E-state index in [4.69, 9.17) is 28.5 Å². The SMILES string of the molecule is N#Cc1cccc(CNc2c(Cl)cc(Br)cc2Cl)c1F. The molecule has 20 heavy (non-hydrogen) atoms. The van der Waals surface area contributed by atoms with Crippen LogP contribution in [0.15, 0.2) is 34.8 Å². The summed E-state index contributed by atoms with van der Waals surface area (Å²) in [5, 5.41) is 12.6. The molecule has 2 rings (SSSR count). The number of nitriles is 1. The van der Waals surface area contributed by atoms with Crippen molar-refractivity contribution in [3.8, 4) is 6.07 Å². The number of hydrogen-bond acceptors (Lipinski definition) is 2. The highest BCUT2D eigenvalue weighted by molar-refractivity contribution is 9.10. The van der Waals surface area contributed by atoms with Crippen molar-refractivity contribution in [2.24, 2.45) is 0 Å². The van der Waals surface area contributed by atoms with E-state index in [0.29, 0.717) is 21.3 Å². The van der Waals surface area contributed by atoms with E-state index in [1.807, 2.05) is 0 Å². The molecule has 0 fully saturated rings. The molecule has 0 bridgehead atoms. The molecule has 2 aromatic rings. The molecule has 2 nitrogen and oxygen atoms in total. The minimum absolute atomic E-state index is 0.0114. The lowest BCUT2D eigenvalue weighted by molar-refractivity contribution is 0.609. The lowest BCUT2D eigenvalue weighted by atomic mass is 10.1. The highest BCUT2D eigenvalue weighted by atomic mass is 79.9. The van der Waals surface area contributed by atoms with Gasteiger partial charge in [-0.05, 0) is 18.2 Å². The lowest BCUT2D eigenvalue weighted by Gasteiger charge is -2.12. The maximum Gasteiger partial charge on any atom is 0.145 e. The van der Waals surface area contributed by atoms with Crippen LogP contribution in [0, 0.1) is 17.1 Å². The zero-order valence-corrected chi connectivity index (χ0v) is 13.2. The van der Waals surface area contributed by atoms with Crippen LogP contribution in [0.25, 0.3) is 0 Å². The molecule has 0 spiro atoms. The zero-order valence-electron chi connectivity index (χ0n) is 10.1. The van der Waals surface area contributed by atoms with Crippen molar-refractivity contribution in [2.45, 2.75) is 6.54 Å². The Kier molecular flexibility index (Phi) is 4.87. The summed E-state index contributed by atoms with van der Waals surface area (Å²) in [6.07, 6.45) is 0. The molecular weight excluding hydrogens is 366 g/mol. The van der Waals surface area contributed by atoms with Crippen molar-refractivity contribution in [1.29, 1.82) is 5.26 Å². The molecule has 0 amide bonds. The molecule has 6 heteroatoms. The van der Waals surface area contributed by atoms with Gasteiger partial charge in [0.25, 0.3) is 0 Å². The van der Waals surface area contributed by atoms with Gasteiger partial charge in [0.15, 0.2) is 0 Å². The number of benzene rings is 2. The van der Waals surface area contributed by atoms with Gasteiger partial charge in [0.2, 0.25) is 0 Å². The first kappa shape index (κ1) is 15.1. The summed E-state index contributed by atoms with van der Waals surface area (Å²) in [7, 11) is 0. The topological polar surface area (TPSA) is 35.8 Å². The van der Waals surface area contributed by atoms with Crippen molar-refractivity contribution in [3.63, 3.8) is 0 Å². The highest BCUT2D eigenvalue weighted by Gasteiger charge is 2.10. The summed E-state index contributed by atoms with van der Waals surface area (Å²) < 4.78 is 14.7. The van der Waals surface area contributed by atoms with Crippen LogP contribution in [0.1, 0.15) is 11.1 Å². The molecule has 0 aliphatic carbocycles. The Hall–Kier alpha value is -1.28. The molecule has 0 aliphatic heterocycles. The van der Waals surface area contributed by atoms with Gasteiger partial charge in [-0.15, -0.1) is 0 Å². The predicted octanol–water partition coefficient (Wildman–Crippen LogP) is 5.38. The van der Waals surface area contributed by atoms with E-state index in [1.165, 1.54) is 6.07 Å². The van der Waals surface area contributed by atoms with E-state index in [2.05, 4.69) is 21.2 Å². The van der Waals surface area contributed by atoms with Gasteiger partial charge in [0, 0.05) is 16.6 Å². The van der Waals surface area contributed by atoms with Gasteiger partial charge in [0.05, 0.1) is 21.3 Å². The van der Waals surface area contributed by atoms with E-state index >= 15 is 0 Å². The molecule has 1 N–H and O–H groups in total. The van der Waals surface area contributed by atoms with Gasteiger partial charge in [0.1, 0.15) is 11.9 Å². The fraction of sp³-hybridized carbons (Fsp3) is 0.0714. The molecule has 0 heterocycles. The molecule has 0 aliphatic rings. The Labute approximate surface area is 134 Å². The van der Waals surface area contributed by atoms with Crippen LogP contribution in [0.2, 0.25) is 10.0 Å². The summed E-state index contributed by atoms with van der Waals surface area (Å²) >= 11 is 15.4. The van der Waals surface area contributed by atoms with Gasteiger partial charge >= 0.3 is 0 Å². The van der Waals surface area contributed by atoms with Gasteiger partial charge in [-0.25, -0.2) is 4.39 Å². The number of nitrogens with one attached hydrogen (secondary N) is 1. The third-order valence-corrected chi connectivity index (χ3v) is 3.72. The largest absolute Gasteiger partial charge is 0.378 e. The summed E-state index contributed by atoms with van der Waals surface area (Å²) in [6, 6.07) is 9.85. The summed E-state index contributed by atoms with van der Waals surface area (Å²) in [6.45, 7) is 0.183. The quantitative estimate of drug-likeness (QED) is 0.783. The Morgan fingerprint density at radius 1 is 1.25 bits per heavy atom. The molecule has 2 aromatic carbocycles. The second-order valence-corrected chi connectivity index (χ2v) is 5.72. The molecule has 0 saturated heterocycles. The van der Waals surface area contributed by atoms with Crippen molar-refractivity contribution in [3.05, 3.63) is 61.8 Å². The van der Waals surface area contributed by atoms with Crippen molar-refractivity contribution in [2.75, 3.05) is 5.32 Å². The third kappa shape index (κ3) is 3.24. The molecule has 0 atom stereocenters. The van der Waals surface area contributed by atoms with E-state index in [9.17, 15) is 4.39 Å². The molecule has 0 saturated carbocycles. The van der Waals surface area contributed by atoms with Crippen LogP contribution in [-0.2, 0) is 6.54 Å². The van der Waals surface area contributed by atoms with Crippen molar-refractivity contribution >= 4 is 44.8 Å². The normalized spacial score (nSPS) is 10.2. The zero-order chi connectivity index (χ0) is 14.7. The van der Waals surface area contributed by atoms with E-state index in [0.717, 1.165) is 4.47 Å². The standard InChI is InChI=1S/C14H8BrCl2FN2/c15-10-4-11(16)14(12(17)5-10)20-7-9-3-1-2-8(6-19)13(9)18/h1-5,20H,7H2. The van der Waals surface area contributed by atoms with E-state index in [1.54, 1.807) is 30.3 Å². The van der Waals surface area contributed by atoms with Crippen LogP contribution >= 0.6 is 39.1 Å². The average molecular weight is 374 g/mol. The van der Waals surface area contributed by atoms with Gasteiger partial charge in [-0.2, -0.15) is 5.26 Å². The predicted molar refractivity (Wildman–Crippen MR) is 82.6 cm³/mol. The van der Waals surface area contributed by atoms with Gasteiger partial charge in [-0.3, -0.25) is 0 Å². The summed E-state index contributed by atoms with van der Waals surface area (Å²) in [5.74, 6) is -0.535. The number of anilines is 1. The second kappa shape index (κ2) is 6.45.